The molecule has 1 amide bonds. The van der Waals surface area contributed by atoms with E-state index in [4.69, 9.17) is 22.7 Å². The largest absolute Gasteiger partial charge is 0.389 e. The van der Waals surface area contributed by atoms with E-state index in [1.54, 1.807) is 7.11 Å². The summed E-state index contributed by atoms with van der Waals surface area (Å²) in [4.78, 5) is 16.2. The fourth-order valence-corrected chi connectivity index (χ4v) is 2.23. The van der Waals surface area contributed by atoms with Crippen molar-refractivity contribution in [3.05, 3.63) is 23.0 Å². The van der Waals surface area contributed by atoms with Crippen molar-refractivity contribution in [2.75, 3.05) is 32.1 Å². The average Bonchev–Trinajstić information content (AvgIpc) is 2.37. The monoisotopic (exact) mass is 310 g/mol. The minimum atomic E-state index is -0.0288. The number of carbonyl (C=O) groups excluding carboxylic acids is 1. The molecule has 0 aliphatic heterocycles. The van der Waals surface area contributed by atoms with Crippen LogP contribution in [-0.2, 0) is 9.53 Å². The first-order chi connectivity index (χ1) is 9.95. The van der Waals surface area contributed by atoms with Crippen molar-refractivity contribution in [1.29, 1.82) is 0 Å². The van der Waals surface area contributed by atoms with Gasteiger partial charge in [0.1, 0.15) is 4.99 Å². The number of nitrogens with one attached hydrogen (secondary N) is 2. The first kappa shape index (κ1) is 17.3. The maximum Gasteiger partial charge on any atom is 0.221 e. The lowest BCUT2D eigenvalue weighted by Gasteiger charge is -2.14. The van der Waals surface area contributed by atoms with Crippen molar-refractivity contribution in [2.45, 2.75) is 20.3 Å². The summed E-state index contributed by atoms with van der Waals surface area (Å²) in [5, 5.41) is 5.96. The quantitative estimate of drug-likeness (QED) is 0.488. The summed E-state index contributed by atoms with van der Waals surface area (Å²) in [5.41, 5.74) is 8.95. The summed E-state index contributed by atoms with van der Waals surface area (Å²) in [7, 11) is 1.60. The van der Waals surface area contributed by atoms with Crippen molar-refractivity contribution in [2.24, 2.45) is 5.73 Å². The van der Waals surface area contributed by atoms with Crippen LogP contribution in [0, 0.1) is 13.8 Å². The number of nitrogens with zero attached hydrogens (tertiary/aromatic N) is 1. The van der Waals surface area contributed by atoms with E-state index in [2.05, 4.69) is 15.6 Å². The third kappa shape index (κ3) is 5.65. The van der Waals surface area contributed by atoms with Gasteiger partial charge in [-0.1, -0.05) is 12.2 Å². The number of pyridine rings is 1. The highest BCUT2D eigenvalue weighted by atomic mass is 32.1. The van der Waals surface area contributed by atoms with E-state index in [0.29, 0.717) is 31.1 Å². The summed E-state index contributed by atoms with van der Waals surface area (Å²) in [6.45, 7) is 5.29. The highest BCUT2D eigenvalue weighted by Gasteiger charge is 2.11. The van der Waals surface area contributed by atoms with Gasteiger partial charge in [0.15, 0.2) is 0 Å². The van der Waals surface area contributed by atoms with Gasteiger partial charge in [-0.25, -0.2) is 0 Å². The Morgan fingerprint density at radius 2 is 2.14 bits per heavy atom. The number of aromatic nitrogens is 1. The molecular weight excluding hydrogens is 288 g/mol. The summed E-state index contributed by atoms with van der Waals surface area (Å²) >= 11 is 5.06. The topological polar surface area (TPSA) is 89.3 Å². The Kier molecular flexibility index (Phi) is 7.04. The van der Waals surface area contributed by atoms with Gasteiger partial charge in [-0.3, -0.25) is 9.78 Å². The van der Waals surface area contributed by atoms with Crippen LogP contribution in [0.25, 0.3) is 0 Å². The lowest BCUT2D eigenvalue weighted by atomic mass is 10.1. The standard InChI is InChI=1S/C14H22N4O2S/c1-9-8-11(13(14(15)21)10(2)18-9)16-5-4-12(19)17-6-7-20-3/h8H,4-7H2,1-3H3,(H2,15,21)(H,16,18)(H,17,19). The molecule has 0 aromatic carbocycles. The minimum absolute atomic E-state index is 0.0288. The zero-order valence-electron chi connectivity index (χ0n) is 12.7. The second-order valence-corrected chi connectivity index (χ2v) is 5.10. The Morgan fingerprint density at radius 1 is 1.43 bits per heavy atom. The van der Waals surface area contributed by atoms with Gasteiger partial charge in [0.25, 0.3) is 0 Å². The predicted octanol–water partition coefficient (Wildman–Crippen LogP) is 0.897. The molecule has 0 saturated heterocycles. The van der Waals surface area contributed by atoms with E-state index in [9.17, 15) is 4.79 Å². The van der Waals surface area contributed by atoms with Crippen LogP contribution in [0.4, 0.5) is 5.69 Å². The molecule has 1 rings (SSSR count). The van der Waals surface area contributed by atoms with Gasteiger partial charge in [-0.15, -0.1) is 0 Å². The van der Waals surface area contributed by atoms with Crippen LogP contribution in [0.2, 0.25) is 0 Å². The van der Waals surface area contributed by atoms with E-state index >= 15 is 0 Å². The second kappa shape index (κ2) is 8.53. The van der Waals surface area contributed by atoms with Crippen LogP contribution in [0.1, 0.15) is 23.4 Å². The molecule has 116 valence electrons. The number of rotatable bonds is 8. The summed E-state index contributed by atoms with van der Waals surface area (Å²) in [5.74, 6) is -0.0288. The first-order valence-corrected chi connectivity index (χ1v) is 7.14. The summed E-state index contributed by atoms with van der Waals surface area (Å²) < 4.78 is 4.87. The van der Waals surface area contributed by atoms with Gasteiger partial charge in [0.2, 0.25) is 5.91 Å². The van der Waals surface area contributed by atoms with Crippen LogP contribution >= 0.6 is 12.2 Å². The Bertz CT molecular complexity index is 520. The van der Waals surface area contributed by atoms with Gasteiger partial charge < -0.3 is 21.1 Å². The molecule has 0 saturated carbocycles. The number of anilines is 1. The highest BCUT2D eigenvalue weighted by molar-refractivity contribution is 7.80. The molecule has 0 fully saturated rings. The first-order valence-electron chi connectivity index (χ1n) is 6.73. The molecule has 4 N–H and O–H groups in total. The maximum absolute atomic E-state index is 11.6. The lowest BCUT2D eigenvalue weighted by molar-refractivity contribution is -0.121. The third-order valence-corrected chi connectivity index (χ3v) is 3.07. The molecule has 7 heteroatoms. The second-order valence-electron chi connectivity index (χ2n) is 4.66. The lowest BCUT2D eigenvalue weighted by Crippen LogP contribution is -2.28. The number of thiocarbonyl (C=S) groups is 1. The number of hydrogen-bond donors (Lipinski definition) is 3. The molecule has 0 aliphatic carbocycles. The van der Waals surface area contributed by atoms with Gasteiger partial charge in [0.05, 0.1) is 12.2 Å². The van der Waals surface area contributed by atoms with Gasteiger partial charge in [-0.05, 0) is 19.9 Å². The Labute approximate surface area is 130 Å². The number of amides is 1. The number of aryl methyl sites for hydroxylation is 2. The van der Waals surface area contributed by atoms with Crippen LogP contribution in [0.15, 0.2) is 6.07 Å². The normalized spacial score (nSPS) is 10.2. The van der Waals surface area contributed by atoms with Crippen molar-refractivity contribution in [3.8, 4) is 0 Å². The molecule has 1 aromatic heterocycles. The van der Waals surface area contributed by atoms with Gasteiger partial charge >= 0.3 is 0 Å². The SMILES string of the molecule is COCCNC(=O)CCNc1cc(C)nc(C)c1C(N)=S. The van der Waals surface area contributed by atoms with Crippen LogP contribution in [0.5, 0.6) is 0 Å². The van der Waals surface area contributed by atoms with Crippen molar-refractivity contribution in [3.63, 3.8) is 0 Å². The number of carbonyl (C=O) groups is 1. The molecule has 0 radical (unpaired) electrons. The number of nitrogens with two attached hydrogens (primary N) is 1. The van der Waals surface area contributed by atoms with Crippen LogP contribution in [0.3, 0.4) is 0 Å². The van der Waals surface area contributed by atoms with E-state index in [1.165, 1.54) is 0 Å². The van der Waals surface area contributed by atoms with Crippen molar-refractivity contribution < 1.29 is 9.53 Å². The van der Waals surface area contributed by atoms with E-state index in [1.807, 2.05) is 19.9 Å². The molecule has 0 spiro atoms. The molecule has 0 aliphatic rings. The molecule has 21 heavy (non-hydrogen) atoms. The number of methoxy groups -OCH3 is 1. The zero-order valence-corrected chi connectivity index (χ0v) is 13.5. The average molecular weight is 310 g/mol. The molecule has 1 heterocycles. The number of ether oxygens (including phenoxy) is 1. The van der Waals surface area contributed by atoms with Crippen molar-refractivity contribution >= 4 is 28.8 Å². The van der Waals surface area contributed by atoms with Crippen LogP contribution < -0.4 is 16.4 Å². The van der Waals surface area contributed by atoms with Gasteiger partial charge in [-0.2, -0.15) is 0 Å². The number of hydrogen-bond acceptors (Lipinski definition) is 5. The third-order valence-electron chi connectivity index (χ3n) is 2.87. The predicted molar refractivity (Wildman–Crippen MR) is 87.6 cm³/mol. The summed E-state index contributed by atoms with van der Waals surface area (Å²) in [6.07, 6.45) is 0.362. The van der Waals surface area contributed by atoms with E-state index in [-0.39, 0.29) is 5.91 Å². The Balaban J connectivity index is 2.59. The van der Waals surface area contributed by atoms with E-state index < -0.39 is 0 Å². The minimum Gasteiger partial charge on any atom is -0.389 e. The maximum atomic E-state index is 11.6. The van der Waals surface area contributed by atoms with Crippen LogP contribution in [-0.4, -0.2) is 42.7 Å². The fraction of sp³-hybridized carbons (Fsp3) is 0.500. The molecule has 1 aromatic rings. The van der Waals surface area contributed by atoms with Crippen molar-refractivity contribution in [1.82, 2.24) is 10.3 Å². The Morgan fingerprint density at radius 3 is 2.76 bits per heavy atom. The molecule has 6 nitrogen and oxygen atoms in total. The highest BCUT2D eigenvalue weighted by Crippen LogP contribution is 2.19. The smallest absolute Gasteiger partial charge is 0.221 e. The Hall–Kier alpha value is -1.73. The molecular formula is C14H22N4O2S. The molecule has 0 atom stereocenters. The van der Waals surface area contributed by atoms with E-state index in [0.717, 1.165) is 22.6 Å². The molecule has 0 unspecified atom stereocenters. The molecule has 0 bridgehead atoms. The fourth-order valence-electron chi connectivity index (χ4n) is 1.97. The zero-order chi connectivity index (χ0) is 15.8. The van der Waals surface area contributed by atoms with Gasteiger partial charge in [0, 0.05) is 43.7 Å². The summed E-state index contributed by atoms with van der Waals surface area (Å²) in [6, 6.07) is 1.88.